The van der Waals surface area contributed by atoms with Gasteiger partial charge < -0.3 is 9.84 Å². The summed E-state index contributed by atoms with van der Waals surface area (Å²) >= 11 is 0. The topological polar surface area (TPSA) is 66.8 Å². The van der Waals surface area contributed by atoms with Crippen molar-refractivity contribution in [3.8, 4) is 0 Å². The molecule has 7 heteroatoms. The van der Waals surface area contributed by atoms with Crippen molar-refractivity contribution in [2.24, 2.45) is 33.5 Å². The molecule has 48 heavy (non-hydrogen) atoms. The number of benzene rings is 3. The zero-order valence-corrected chi connectivity index (χ0v) is 27.5. The Morgan fingerprint density at radius 2 is 1.67 bits per heavy atom. The first-order valence-corrected chi connectivity index (χ1v) is 17.5. The number of ether oxygens (including phenoxy) is 1. The molecule has 1 aliphatic heterocycles. The quantitative estimate of drug-likeness (QED) is 0.227. The molecule has 0 unspecified atom stereocenters. The minimum atomic E-state index is -1.04. The van der Waals surface area contributed by atoms with Gasteiger partial charge in [0.2, 0.25) is 0 Å². The van der Waals surface area contributed by atoms with E-state index >= 15 is 0 Å². The van der Waals surface area contributed by atoms with E-state index in [1.54, 1.807) is 0 Å². The second kappa shape index (κ2) is 9.87. The van der Waals surface area contributed by atoms with Gasteiger partial charge in [0, 0.05) is 33.9 Å². The third kappa shape index (κ3) is 3.69. The van der Waals surface area contributed by atoms with Gasteiger partial charge in [-0.3, -0.25) is 9.69 Å². The smallest absolute Gasteiger partial charge is 0.410 e. The molecular weight excluding hydrogens is 608 g/mol. The molecule has 4 fully saturated rings. The van der Waals surface area contributed by atoms with Gasteiger partial charge in [-0.25, -0.2) is 13.6 Å². The molecule has 1 N–H and O–H groups in total. The van der Waals surface area contributed by atoms with Crippen molar-refractivity contribution >= 4 is 22.6 Å². The third-order valence-electron chi connectivity index (χ3n) is 14.3. The standard InChI is InChI=1S/C41H41F2NO4/c1-37-15-12-28(45)21-39(37)18-19-41(30(22-39)35(46)26-10-11-31(42)32(43)20-26)33(37)13-16-38(2)34(41)14-17-40(38)24-44(36(47)48-40)23-27-8-5-7-25-6-3-4-9-29(25)27/h3-11,18-20,22,28,33-34,45H,12-17,21,23-24H2,1-2H3/t28-,33+,34+,37+,38-,39-,40+,41+/m0/s1. The number of aliphatic hydroxyl groups is 1. The highest BCUT2D eigenvalue weighted by atomic mass is 19.2. The number of aliphatic hydroxyl groups excluding tert-OH is 1. The predicted octanol–water partition coefficient (Wildman–Crippen LogP) is 8.55. The van der Waals surface area contributed by atoms with Gasteiger partial charge in [0.25, 0.3) is 0 Å². The number of hydrogen-bond donors (Lipinski definition) is 1. The molecule has 3 aromatic carbocycles. The van der Waals surface area contributed by atoms with E-state index in [1.807, 2.05) is 23.1 Å². The van der Waals surface area contributed by atoms with Crippen LogP contribution in [0.25, 0.3) is 10.8 Å². The molecule has 8 atom stereocenters. The minimum absolute atomic E-state index is 0.00669. The molecule has 10 rings (SSSR count). The van der Waals surface area contributed by atoms with E-state index < -0.39 is 39.6 Å². The van der Waals surface area contributed by atoms with Gasteiger partial charge >= 0.3 is 6.09 Å². The minimum Gasteiger partial charge on any atom is -0.440 e. The van der Waals surface area contributed by atoms with Crippen molar-refractivity contribution in [3.05, 3.63) is 107 Å². The average molecular weight is 650 g/mol. The van der Waals surface area contributed by atoms with E-state index in [-0.39, 0.29) is 34.7 Å². The molecule has 1 saturated heterocycles. The Bertz CT molecular complexity index is 1970. The van der Waals surface area contributed by atoms with Gasteiger partial charge in [-0.1, -0.05) is 74.5 Å². The number of nitrogens with zero attached hydrogens (tertiary/aromatic N) is 1. The summed E-state index contributed by atoms with van der Waals surface area (Å²) in [6.07, 6.45) is 11.1. The zero-order chi connectivity index (χ0) is 33.3. The van der Waals surface area contributed by atoms with Crippen LogP contribution in [0, 0.1) is 45.1 Å². The molecule has 1 heterocycles. The van der Waals surface area contributed by atoms with Crippen molar-refractivity contribution in [1.29, 1.82) is 0 Å². The maximum absolute atomic E-state index is 14.6. The van der Waals surface area contributed by atoms with Gasteiger partial charge in [0.15, 0.2) is 17.4 Å². The fourth-order valence-corrected chi connectivity index (χ4v) is 11.9. The molecular formula is C41H41F2NO4. The lowest BCUT2D eigenvalue weighted by Gasteiger charge is -2.71. The summed E-state index contributed by atoms with van der Waals surface area (Å²) < 4.78 is 35.1. The Balaban J connectivity index is 1.13. The molecule has 248 valence electrons. The first kappa shape index (κ1) is 30.2. The van der Waals surface area contributed by atoms with Crippen LogP contribution in [0.15, 0.2) is 84.5 Å². The van der Waals surface area contributed by atoms with Crippen LogP contribution in [-0.2, 0) is 11.3 Å². The number of allylic oxidation sites excluding steroid dienone is 4. The first-order chi connectivity index (χ1) is 23.0. The lowest BCUT2D eigenvalue weighted by atomic mass is 9.32. The number of Topliss-reactive ketones (excluding diaryl/α,β-unsaturated/α-hetero) is 1. The van der Waals surface area contributed by atoms with E-state index in [2.05, 4.69) is 56.3 Å². The van der Waals surface area contributed by atoms with Crippen LogP contribution in [0.5, 0.6) is 0 Å². The number of carbonyl (C=O) groups is 2. The molecule has 2 bridgehead atoms. The van der Waals surface area contributed by atoms with Crippen LogP contribution >= 0.6 is 0 Å². The number of ketones is 1. The SMILES string of the molecule is C[C@]12CC[C@H]3[C@]4(C=C[C@@]5(C=C4C(=O)c4ccc(F)c(F)c4)C[C@@H](O)CC[C@]35C)[C@@H]1CC[C@@]21CN(Cc2cccc3ccccc23)C(=O)O1. The summed E-state index contributed by atoms with van der Waals surface area (Å²) in [4.78, 5) is 30.2. The largest absolute Gasteiger partial charge is 0.440 e. The average Bonchev–Trinajstić information content (AvgIpc) is 3.56. The highest BCUT2D eigenvalue weighted by Gasteiger charge is 2.76. The molecule has 1 amide bonds. The Kier molecular flexibility index (Phi) is 6.22. The zero-order valence-electron chi connectivity index (χ0n) is 27.5. The molecule has 3 aromatic rings. The van der Waals surface area contributed by atoms with Crippen LogP contribution in [-0.4, -0.2) is 40.1 Å². The summed E-state index contributed by atoms with van der Waals surface area (Å²) in [6, 6.07) is 17.8. The van der Waals surface area contributed by atoms with Crippen molar-refractivity contribution < 1.29 is 28.2 Å². The monoisotopic (exact) mass is 649 g/mol. The molecule has 6 aliphatic carbocycles. The fraction of sp³-hybridized carbons (Fsp3) is 0.463. The van der Waals surface area contributed by atoms with Gasteiger partial charge in [0.05, 0.1) is 12.6 Å². The number of rotatable bonds is 4. The van der Waals surface area contributed by atoms with E-state index in [0.717, 1.165) is 54.2 Å². The second-order valence-corrected chi connectivity index (χ2v) is 16.1. The predicted molar refractivity (Wildman–Crippen MR) is 178 cm³/mol. The molecule has 5 nitrogen and oxygen atoms in total. The van der Waals surface area contributed by atoms with Gasteiger partial charge in [0.1, 0.15) is 5.60 Å². The lowest BCUT2D eigenvalue weighted by Crippen LogP contribution is -2.67. The molecule has 0 aromatic heterocycles. The van der Waals surface area contributed by atoms with E-state index in [4.69, 9.17) is 4.74 Å². The third-order valence-corrected chi connectivity index (χ3v) is 14.3. The van der Waals surface area contributed by atoms with Gasteiger partial charge in [-0.2, -0.15) is 0 Å². The Hall–Kier alpha value is -3.84. The molecule has 3 saturated carbocycles. The van der Waals surface area contributed by atoms with E-state index in [1.165, 1.54) is 6.07 Å². The molecule has 3 spiro atoms. The summed E-state index contributed by atoms with van der Waals surface area (Å²) in [6.45, 7) is 5.54. The first-order valence-electron chi connectivity index (χ1n) is 17.5. The van der Waals surface area contributed by atoms with Crippen LogP contribution in [0.1, 0.15) is 74.7 Å². The van der Waals surface area contributed by atoms with Crippen molar-refractivity contribution in [2.75, 3.05) is 6.54 Å². The molecule has 7 aliphatic rings. The Labute approximate surface area is 279 Å². The van der Waals surface area contributed by atoms with Crippen molar-refractivity contribution in [1.82, 2.24) is 4.90 Å². The fourth-order valence-electron chi connectivity index (χ4n) is 11.9. The maximum atomic E-state index is 14.6. The number of carbonyl (C=O) groups excluding carboxylic acids is 2. The number of amides is 1. The summed E-state index contributed by atoms with van der Waals surface area (Å²) in [5.41, 5.74) is -0.618. The summed E-state index contributed by atoms with van der Waals surface area (Å²) in [5, 5.41) is 13.2. The Morgan fingerprint density at radius 3 is 2.50 bits per heavy atom. The lowest BCUT2D eigenvalue weighted by molar-refractivity contribution is -0.164. The molecule has 0 radical (unpaired) electrons. The summed E-state index contributed by atoms with van der Waals surface area (Å²) in [5.74, 6) is -2.19. The van der Waals surface area contributed by atoms with Crippen molar-refractivity contribution in [2.45, 2.75) is 77.0 Å². The van der Waals surface area contributed by atoms with Gasteiger partial charge in [-0.05, 0) is 96.7 Å². The summed E-state index contributed by atoms with van der Waals surface area (Å²) in [7, 11) is 0. The van der Waals surface area contributed by atoms with Crippen LogP contribution < -0.4 is 0 Å². The highest BCUT2D eigenvalue weighted by Crippen LogP contribution is 2.79. The Morgan fingerprint density at radius 1 is 0.917 bits per heavy atom. The highest BCUT2D eigenvalue weighted by molar-refractivity contribution is 6.10. The normalized spacial score (nSPS) is 39.3. The number of halogens is 2. The number of fused-ring (bicyclic) bond motifs is 3. The van der Waals surface area contributed by atoms with Gasteiger partial charge in [-0.15, -0.1) is 0 Å². The van der Waals surface area contributed by atoms with Crippen LogP contribution in [0.4, 0.5) is 13.6 Å². The van der Waals surface area contributed by atoms with E-state index in [9.17, 15) is 23.5 Å². The maximum Gasteiger partial charge on any atom is 0.410 e. The van der Waals surface area contributed by atoms with Crippen molar-refractivity contribution in [3.63, 3.8) is 0 Å². The van der Waals surface area contributed by atoms with Crippen LogP contribution in [0.2, 0.25) is 0 Å². The second-order valence-electron chi connectivity index (χ2n) is 16.1. The van der Waals surface area contributed by atoms with E-state index in [0.29, 0.717) is 37.9 Å². The number of hydrogen-bond acceptors (Lipinski definition) is 4. The van der Waals surface area contributed by atoms with Crippen LogP contribution in [0.3, 0.4) is 0 Å².